The molecule has 0 bridgehead atoms. The van der Waals surface area contributed by atoms with E-state index in [0.717, 1.165) is 44.4 Å². The summed E-state index contributed by atoms with van der Waals surface area (Å²) >= 11 is 0. The summed E-state index contributed by atoms with van der Waals surface area (Å²) in [5.74, 6) is 2.01. The molecule has 5 heteroatoms. The number of guanidine groups is 1. The predicted molar refractivity (Wildman–Crippen MR) is 98.9 cm³/mol. The van der Waals surface area contributed by atoms with E-state index in [-0.39, 0.29) is 24.0 Å². The normalized spacial score (nSPS) is 14.8. The molecular formula is C16H26IN3O. The van der Waals surface area contributed by atoms with Gasteiger partial charge in [0.2, 0.25) is 0 Å². The molecule has 1 fully saturated rings. The van der Waals surface area contributed by atoms with E-state index in [4.69, 9.17) is 4.74 Å². The smallest absolute Gasteiger partial charge is 0.193 e. The molecule has 0 unspecified atom stereocenters. The summed E-state index contributed by atoms with van der Waals surface area (Å²) < 4.78 is 5.78. The fourth-order valence-electron chi connectivity index (χ4n) is 2.43. The van der Waals surface area contributed by atoms with E-state index in [1.807, 2.05) is 25.2 Å². The summed E-state index contributed by atoms with van der Waals surface area (Å²) in [5.41, 5.74) is 1.19. The average molecular weight is 403 g/mol. The van der Waals surface area contributed by atoms with Crippen LogP contribution in [0.1, 0.15) is 24.8 Å². The lowest BCUT2D eigenvalue weighted by molar-refractivity contribution is 0.308. The Balaban J connectivity index is 0.00000220. The highest BCUT2D eigenvalue weighted by molar-refractivity contribution is 14.0. The molecule has 1 aromatic carbocycles. The third-order valence-electron chi connectivity index (χ3n) is 3.57. The fourth-order valence-corrected chi connectivity index (χ4v) is 2.43. The maximum absolute atomic E-state index is 5.78. The Morgan fingerprint density at radius 2 is 2.00 bits per heavy atom. The second-order valence-corrected chi connectivity index (χ2v) is 5.14. The van der Waals surface area contributed by atoms with Gasteiger partial charge in [-0.05, 0) is 37.8 Å². The van der Waals surface area contributed by atoms with Crippen molar-refractivity contribution in [1.82, 2.24) is 10.2 Å². The molecule has 0 amide bonds. The third-order valence-corrected chi connectivity index (χ3v) is 3.57. The number of hydrogen-bond donors (Lipinski definition) is 1. The van der Waals surface area contributed by atoms with Crippen molar-refractivity contribution in [2.24, 2.45) is 4.99 Å². The minimum atomic E-state index is 0. The largest absolute Gasteiger partial charge is 0.493 e. The summed E-state index contributed by atoms with van der Waals surface area (Å²) in [7, 11) is 1.85. The first kappa shape index (κ1) is 18.1. The van der Waals surface area contributed by atoms with Gasteiger partial charge < -0.3 is 15.0 Å². The highest BCUT2D eigenvalue weighted by atomic mass is 127. The molecule has 0 saturated carbocycles. The van der Waals surface area contributed by atoms with Crippen LogP contribution in [0.25, 0.3) is 0 Å². The van der Waals surface area contributed by atoms with Gasteiger partial charge in [0.1, 0.15) is 5.75 Å². The first-order valence-corrected chi connectivity index (χ1v) is 7.45. The van der Waals surface area contributed by atoms with Gasteiger partial charge in [-0.1, -0.05) is 18.2 Å². The van der Waals surface area contributed by atoms with E-state index in [1.54, 1.807) is 0 Å². The van der Waals surface area contributed by atoms with Crippen LogP contribution in [-0.2, 0) is 0 Å². The zero-order chi connectivity index (χ0) is 14.2. The van der Waals surface area contributed by atoms with Gasteiger partial charge in [-0.15, -0.1) is 24.0 Å². The average Bonchev–Trinajstić information content (AvgIpc) is 2.98. The van der Waals surface area contributed by atoms with Crippen molar-refractivity contribution in [1.29, 1.82) is 0 Å². The van der Waals surface area contributed by atoms with Crippen LogP contribution in [0.15, 0.2) is 29.3 Å². The second-order valence-electron chi connectivity index (χ2n) is 5.14. The lowest BCUT2D eigenvalue weighted by Gasteiger charge is -2.20. The van der Waals surface area contributed by atoms with Crippen LogP contribution >= 0.6 is 24.0 Å². The minimum absolute atomic E-state index is 0. The van der Waals surface area contributed by atoms with Crippen LogP contribution in [0.2, 0.25) is 0 Å². The van der Waals surface area contributed by atoms with Crippen molar-refractivity contribution in [2.75, 3.05) is 33.3 Å². The van der Waals surface area contributed by atoms with Gasteiger partial charge >= 0.3 is 0 Å². The topological polar surface area (TPSA) is 36.9 Å². The lowest BCUT2D eigenvalue weighted by Crippen LogP contribution is -2.40. The first-order valence-electron chi connectivity index (χ1n) is 7.45. The number of nitrogens with one attached hydrogen (secondary N) is 1. The lowest BCUT2D eigenvalue weighted by atomic mass is 10.2. The van der Waals surface area contributed by atoms with Crippen LogP contribution in [0.4, 0.5) is 0 Å². The van der Waals surface area contributed by atoms with Crippen molar-refractivity contribution in [3.05, 3.63) is 29.8 Å². The number of ether oxygens (including phenoxy) is 1. The molecule has 1 aliphatic rings. The molecule has 1 aliphatic heterocycles. The van der Waals surface area contributed by atoms with Gasteiger partial charge in [0.15, 0.2) is 5.96 Å². The Morgan fingerprint density at radius 1 is 1.29 bits per heavy atom. The van der Waals surface area contributed by atoms with Crippen LogP contribution in [0.5, 0.6) is 5.75 Å². The maximum Gasteiger partial charge on any atom is 0.193 e. The van der Waals surface area contributed by atoms with E-state index >= 15 is 0 Å². The van der Waals surface area contributed by atoms with Crippen molar-refractivity contribution in [3.63, 3.8) is 0 Å². The van der Waals surface area contributed by atoms with E-state index in [9.17, 15) is 0 Å². The first-order chi connectivity index (χ1) is 9.81. The molecule has 21 heavy (non-hydrogen) atoms. The molecule has 1 N–H and O–H groups in total. The minimum Gasteiger partial charge on any atom is -0.493 e. The summed E-state index contributed by atoms with van der Waals surface area (Å²) in [6.45, 7) is 5.95. The van der Waals surface area contributed by atoms with E-state index in [1.165, 1.54) is 18.4 Å². The molecule has 0 aromatic heterocycles. The number of benzene rings is 1. The molecule has 0 aliphatic carbocycles. The monoisotopic (exact) mass is 403 g/mol. The number of hydrogen-bond acceptors (Lipinski definition) is 2. The van der Waals surface area contributed by atoms with Crippen molar-refractivity contribution < 1.29 is 4.74 Å². The number of aliphatic imine (C=N–C) groups is 1. The number of aryl methyl sites for hydroxylation is 1. The van der Waals surface area contributed by atoms with E-state index < -0.39 is 0 Å². The zero-order valence-electron chi connectivity index (χ0n) is 13.0. The van der Waals surface area contributed by atoms with Gasteiger partial charge in [0, 0.05) is 26.7 Å². The Hall–Kier alpha value is -0.980. The highest BCUT2D eigenvalue weighted by Crippen LogP contribution is 2.16. The molecule has 118 valence electrons. The fraction of sp³-hybridized carbons (Fsp3) is 0.562. The third kappa shape index (κ3) is 5.73. The Bertz CT molecular complexity index is 445. The number of nitrogens with zero attached hydrogens (tertiary/aromatic N) is 2. The second kappa shape index (κ2) is 9.87. The zero-order valence-corrected chi connectivity index (χ0v) is 15.3. The Kier molecular flexibility index (Phi) is 8.49. The molecule has 0 atom stereocenters. The van der Waals surface area contributed by atoms with Crippen LogP contribution in [-0.4, -0.2) is 44.1 Å². The van der Waals surface area contributed by atoms with Crippen LogP contribution in [0.3, 0.4) is 0 Å². The quantitative estimate of drug-likeness (QED) is 0.356. The maximum atomic E-state index is 5.78. The van der Waals surface area contributed by atoms with Gasteiger partial charge in [0.25, 0.3) is 0 Å². The molecule has 4 nitrogen and oxygen atoms in total. The Labute approximate surface area is 145 Å². The van der Waals surface area contributed by atoms with Gasteiger partial charge in [-0.25, -0.2) is 0 Å². The van der Waals surface area contributed by atoms with E-state index in [2.05, 4.69) is 28.2 Å². The number of likely N-dealkylation sites (tertiary alicyclic amines) is 1. The van der Waals surface area contributed by atoms with Crippen molar-refractivity contribution in [3.8, 4) is 5.75 Å². The summed E-state index contributed by atoms with van der Waals surface area (Å²) in [6, 6.07) is 8.13. The molecule has 0 radical (unpaired) electrons. The molecular weight excluding hydrogens is 377 g/mol. The molecule has 0 spiro atoms. The summed E-state index contributed by atoms with van der Waals surface area (Å²) in [6.07, 6.45) is 3.52. The predicted octanol–water partition coefficient (Wildman–Crippen LogP) is 3.05. The van der Waals surface area contributed by atoms with Crippen LogP contribution in [0, 0.1) is 6.92 Å². The van der Waals surface area contributed by atoms with Gasteiger partial charge in [0.05, 0.1) is 6.61 Å². The SMILES string of the molecule is CN=C(NCCCOc1ccccc1C)N1CCCC1.I. The Morgan fingerprint density at radius 3 is 2.67 bits per heavy atom. The molecule has 2 rings (SSSR count). The van der Waals surface area contributed by atoms with E-state index in [0.29, 0.717) is 0 Å². The summed E-state index contributed by atoms with van der Waals surface area (Å²) in [4.78, 5) is 6.65. The molecule has 1 saturated heterocycles. The van der Waals surface area contributed by atoms with Crippen molar-refractivity contribution >= 4 is 29.9 Å². The molecule has 1 aromatic rings. The molecule has 1 heterocycles. The number of rotatable bonds is 5. The van der Waals surface area contributed by atoms with Crippen molar-refractivity contribution in [2.45, 2.75) is 26.2 Å². The van der Waals surface area contributed by atoms with Gasteiger partial charge in [-0.2, -0.15) is 0 Å². The highest BCUT2D eigenvalue weighted by Gasteiger charge is 2.14. The number of halogens is 1. The number of para-hydroxylation sites is 1. The van der Waals surface area contributed by atoms with Crippen LogP contribution < -0.4 is 10.1 Å². The summed E-state index contributed by atoms with van der Waals surface area (Å²) in [5, 5.41) is 3.41. The van der Waals surface area contributed by atoms with Gasteiger partial charge in [-0.3, -0.25) is 4.99 Å². The standard InChI is InChI=1S/C16H25N3O.HI/c1-14-8-3-4-9-15(14)20-13-7-10-18-16(17-2)19-11-5-6-12-19;/h3-4,8-9H,5-7,10-13H2,1-2H3,(H,17,18);1H.